The van der Waals surface area contributed by atoms with Crippen LogP contribution in [0.2, 0.25) is 0 Å². The van der Waals surface area contributed by atoms with Crippen LogP contribution in [0.25, 0.3) is 10.9 Å². The molecule has 2 atom stereocenters. The van der Waals surface area contributed by atoms with Crippen LogP contribution in [0.15, 0.2) is 84.9 Å². The van der Waals surface area contributed by atoms with E-state index in [0.717, 1.165) is 51.6 Å². The number of para-hydroxylation sites is 1. The van der Waals surface area contributed by atoms with Gasteiger partial charge in [0.25, 0.3) is 0 Å². The van der Waals surface area contributed by atoms with Crippen molar-refractivity contribution < 1.29 is 4.74 Å². The van der Waals surface area contributed by atoms with E-state index in [4.69, 9.17) is 4.74 Å². The van der Waals surface area contributed by atoms with E-state index in [1.807, 2.05) is 0 Å². The SMILES string of the molecule is CCC(CCC1(CCC(CC)(c2ccccc2)N(C)C)OCCc2c1[nH]c1ccccc21)(c1ccccc1)N(C)C. The third-order valence-electron chi connectivity index (χ3n) is 10.4. The second-order valence-corrected chi connectivity index (χ2v) is 12.4. The Hall–Kier alpha value is -2.92. The van der Waals surface area contributed by atoms with Crippen molar-refractivity contribution in [2.24, 2.45) is 0 Å². The van der Waals surface area contributed by atoms with Gasteiger partial charge in [0.2, 0.25) is 0 Å². The van der Waals surface area contributed by atoms with Crippen LogP contribution >= 0.6 is 0 Å². The number of benzene rings is 3. The lowest BCUT2D eigenvalue weighted by Gasteiger charge is -2.47. The van der Waals surface area contributed by atoms with Gasteiger partial charge in [0.1, 0.15) is 5.60 Å². The van der Waals surface area contributed by atoms with Crippen molar-refractivity contribution in [3.8, 4) is 0 Å². The van der Waals surface area contributed by atoms with Crippen molar-refractivity contribution in [2.45, 2.75) is 75.5 Å². The number of aromatic amines is 1. The van der Waals surface area contributed by atoms with E-state index in [-0.39, 0.29) is 16.7 Å². The van der Waals surface area contributed by atoms with Gasteiger partial charge < -0.3 is 9.72 Å². The topological polar surface area (TPSA) is 31.5 Å². The summed E-state index contributed by atoms with van der Waals surface area (Å²) in [6.45, 7) is 5.42. The second kappa shape index (κ2) is 12.1. The van der Waals surface area contributed by atoms with E-state index in [9.17, 15) is 0 Å². The largest absolute Gasteiger partial charge is 0.368 e. The molecule has 0 saturated carbocycles. The molecule has 2 unspecified atom stereocenters. The molecule has 41 heavy (non-hydrogen) atoms. The molecule has 1 aliphatic rings. The molecule has 4 heteroatoms. The molecule has 218 valence electrons. The highest BCUT2D eigenvalue weighted by atomic mass is 16.5. The molecule has 1 N–H and O–H groups in total. The Bertz CT molecular complexity index is 1350. The first-order chi connectivity index (χ1) is 19.8. The van der Waals surface area contributed by atoms with Gasteiger partial charge in [0.05, 0.1) is 12.3 Å². The highest BCUT2D eigenvalue weighted by Gasteiger charge is 2.45. The molecular formula is C37H49N3O. The summed E-state index contributed by atoms with van der Waals surface area (Å²) in [6.07, 6.45) is 6.98. The van der Waals surface area contributed by atoms with Crippen molar-refractivity contribution in [2.75, 3.05) is 34.8 Å². The van der Waals surface area contributed by atoms with Gasteiger partial charge in [0.15, 0.2) is 0 Å². The zero-order chi connectivity index (χ0) is 29.1. The van der Waals surface area contributed by atoms with Crippen LogP contribution in [0.5, 0.6) is 0 Å². The molecule has 1 aliphatic heterocycles. The smallest absolute Gasteiger partial charge is 0.108 e. The van der Waals surface area contributed by atoms with E-state index < -0.39 is 0 Å². The van der Waals surface area contributed by atoms with E-state index >= 15 is 0 Å². The molecule has 2 heterocycles. The van der Waals surface area contributed by atoms with Crippen molar-refractivity contribution in [1.82, 2.24) is 14.8 Å². The van der Waals surface area contributed by atoms with Crippen molar-refractivity contribution in [3.05, 3.63) is 107 Å². The van der Waals surface area contributed by atoms with Gasteiger partial charge >= 0.3 is 0 Å². The number of nitrogens with one attached hydrogen (secondary N) is 1. The van der Waals surface area contributed by atoms with E-state index in [1.165, 1.54) is 33.3 Å². The lowest BCUT2D eigenvalue weighted by atomic mass is 9.72. The van der Waals surface area contributed by atoms with Gasteiger partial charge in [-0.1, -0.05) is 92.7 Å². The number of hydrogen-bond acceptors (Lipinski definition) is 3. The first-order valence-corrected chi connectivity index (χ1v) is 15.5. The number of ether oxygens (including phenoxy) is 1. The number of nitrogens with zero attached hydrogens (tertiary/aromatic N) is 2. The molecular weight excluding hydrogens is 502 g/mol. The summed E-state index contributed by atoms with van der Waals surface area (Å²) in [6, 6.07) is 31.0. The van der Waals surface area contributed by atoms with Gasteiger partial charge in [-0.3, -0.25) is 9.80 Å². The van der Waals surface area contributed by atoms with Crippen LogP contribution in [0.3, 0.4) is 0 Å². The number of hydrogen-bond donors (Lipinski definition) is 1. The fraction of sp³-hybridized carbons (Fsp3) is 0.459. The summed E-state index contributed by atoms with van der Waals surface area (Å²) in [5, 5.41) is 1.35. The maximum atomic E-state index is 7.06. The molecule has 1 aromatic heterocycles. The predicted molar refractivity (Wildman–Crippen MR) is 172 cm³/mol. The molecule has 0 spiro atoms. The standard InChI is InChI=1S/C37H49N3O/c1-7-35(39(3)4,29-17-11-9-12-18-29)24-26-37(27-25-36(8-2,40(5)6)30-19-13-10-14-20-30)34-32(23-28-41-37)31-21-15-16-22-33(31)38-34/h9-22,38H,7-8,23-28H2,1-6H3. The minimum absolute atomic E-state index is 0.0654. The molecule has 0 bridgehead atoms. The molecule has 3 aromatic carbocycles. The maximum Gasteiger partial charge on any atom is 0.108 e. The second-order valence-electron chi connectivity index (χ2n) is 12.4. The molecule has 4 nitrogen and oxygen atoms in total. The molecule has 0 radical (unpaired) electrons. The van der Waals surface area contributed by atoms with Crippen LogP contribution < -0.4 is 0 Å². The highest BCUT2D eigenvalue weighted by Crippen LogP contribution is 2.49. The Morgan fingerprint density at radius 1 is 0.707 bits per heavy atom. The van der Waals surface area contributed by atoms with E-state index in [2.05, 4.69) is 142 Å². The molecule has 0 amide bonds. The average molecular weight is 552 g/mol. The minimum atomic E-state index is -0.386. The van der Waals surface area contributed by atoms with Gasteiger partial charge in [-0.2, -0.15) is 0 Å². The summed E-state index contributed by atoms with van der Waals surface area (Å²) < 4.78 is 7.06. The van der Waals surface area contributed by atoms with Crippen LogP contribution in [0.4, 0.5) is 0 Å². The molecule has 0 saturated heterocycles. The number of rotatable bonds is 12. The summed E-state index contributed by atoms with van der Waals surface area (Å²) in [5.41, 5.74) is 6.23. The van der Waals surface area contributed by atoms with Gasteiger partial charge in [-0.25, -0.2) is 0 Å². The van der Waals surface area contributed by atoms with Crippen LogP contribution in [0, 0.1) is 0 Å². The first-order valence-electron chi connectivity index (χ1n) is 15.5. The van der Waals surface area contributed by atoms with E-state index in [0.29, 0.717) is 0 Å². The molecule has 4 aromatic rings. The normalized spacial score (nSPS) is 20.2. The molecule has 0 aliphatic carbocycles. The number of H-pyrrole nitrogens is 1. The lowest BCUT2D eigenvalue weighted by Crippen LogP contribution is -2.46. The predicted octanol–water partition coefficient (Wildman–Crippen LogP) is 8.23. The van der Waals surface area contributed by atoms with Gasteiger partial charge in [-0.05, 0) is 95.9 Å². The fourth-order valence-corrected chi connectivity index (χ4v) is 7.75. The zero-order valence-corrected chi connectivity index (χ0v) is 26.0. The fourth-order valence-electron chi connectivity index (χ4n) is 7.75. The zero-order valence-electron chi connectivity index (χ0n) is 26.0. The third-order valence-corrected chi connectivity index (χ3v) is 10.4. The Labute approximate surface area is 247 Å². The van der Waals surface area contributed by atoms with Gasteiger partial charge in [-0.15, -0.1) is 0 Å². The minimum Gasteiger partial charge on any atom is -0.368 e. The Kier molecular flexibility index (Phi) is 8.75. The summed E-state index contributed by atoms with van der Waals surface area (Å²) >= 11 is 0. The number of aromatic nitrogens is 1. The summed E-state index contributed by atoms with van der Waals surface area (Å²) in [5.74, 6) is 0. The first kappa shape index (κ1) is 29.6. The molecule has 0 fully saturated rings. The van der Waals surface area contributed by atoms with Gasteiger partial charge in [0, 0.05) is 22.0 Å². The Morgan fingerprint density at radius 3 is 1.68 bits per heavy atom. The quantitative estimate of drug-likeness (QED) is 0.192. The maximum absolute atomic E-state index is 7.06. The van der Waals surface area contributed by atoms with Crippen LogP contribution in [-0.2, 0) is 27.8 Å². The average Bonchev–Trinajstić information content (AvgIpc) is 3.39. The van der Waals surface area contributed by atoms with Crippen molar-refractivity contribution >= 4 is 10.9 Å². The third kappa shape index (κ3) is 5.27. The van der Waals surface area contributed by atoms with Crippen molar-refractivity contribution in [3.63, 3.8) is 0 Å². The summed E-state index contributed by atoms with van der Waals surface area (Å²) in [4.78, 5) is 8.77. The molecule has 5 rings (SSSR count). The number of fused-ring (bicyclic) bond motifs is 3. The van der Waals surface area contributed by atoms with Crippen molar-refractivity contribution in [1.29, 1.82) is 0 Å². The summed E-state index contributed by atoms with van der Waals surface area (Å²) in [7, 11) is 8.96. The van der Waals surface area contributed by atoms with Crippen LogP contribution in [0.1, 0.15) is 74.8 Å². The van der Waals surface area contributed by atoms with Crippen LogP contribution in [-0.4, -0.2) is 49.6 Å². The Balaban J connectivity index is 1.59. The lowest BCUT2D eigenvalue weighted by molar-refractivity contribution is -0.0928. The Morgan fingerprint density at radius 2 is 1.20 bits per heavy atom. The van der Waals surface area contributed by atoms with E-state index in [1.54, 1.807) is 0 Å². The highest BCUT2D eigenvalue weighted by molar-refractivity contribution is 5.85. The monoisotopic (exact) mass is 551 g/mol.